The Balaban J connectivity index is 1.67. The normalized spacial score (nSPS) is 28.9. The van der Waals surface area contributed by atoms with E-state index >= 15 is 0 Å². The van der Waals surface area contributed by atoms with E-state index in [1.165, 1.54) is 12.8 Å². The van der Waals surface area contributed by atoms with Crippen molar-refractivity contribution in [2.75, 3.05) is 11.4 Å². The Labute approximate surface area is 148 Å². The largest absolute Gasteiger partial charge is 0.385 e. The lowest BCUT2D eigenvalue weighted by Gasteiger charge is -2.53. The summed E-state index contributed by atoms with van der Waals surface area (Å²) in [6.45, 7) is 0.783. The van der Waals surface area contributed by atoms with Gasteiger partial charge in [0.25, 0.3) is 0 Å². The first-order valence-corrected chi connectivity index (χ1v) is 9.13. The number of rotatable bonds is 2. The molecule has 3 atom stereocenters. The number of fused-ring (bicyclic) bond motifs is 1. The number of benzene rings is 1. The molecule has 1 saturated carbocycles. The predicted octanol–water partition coefficient (Wildman–Crippen LogP) is 3.61. The fraction of sp³-hybridized carbons (Fsp3) is 0.429. The maximum atomic E-state index is 11.6. The average Bonchev–Trinajstić information content (AvgIpc) is 2.69. The summed E-state index contributed by atoms with van der Waals surface area (Å²) in [5.41, 5.74) is 0.871. The molecule has 1 N–H and O–H groups in total. The van der Waals surface area contributed by atoms with Crippen molar-refractivity contribution >= 4 is 5.82 Å². The molecule has 1 aromatic heterocycles. The average molecular weight is 333 g/mol. The van der Waals surface area contributed by atoms with E-state index in [4.69, 9.17) is 5.26 Å². The quantitative estimate of drug-likeness (QED) is 0.912. The molecule has 2 heterocycles. The minimum atomic E-state index is -0.755. The van der Waals surface area contributed by atoms with Gasteiger partial charge in [-0.05, 0) is 37.0 Å². The minimum Gasteiger partial charge on any atom is -0.385 e. The number of hydrogen-bond donors (Lipinski definition) is 1. The van der Waals surface area contributed by atoms with E-state index in [-0.39, 0.29) is 5.92 Å². The zero-order valence-corrected chi connectivity index (χ0v) is 14.3. The van der Waals surface area contributed by atoms with Gasteiger partial charge in [-0.15, -0.1) is 0 Å². The van der Waals surface area contributed by atoms with Crippen LogP contribution in [0.25, 0.3) is 0 Å². The van der Waals surface area contributed by atoms with Gasteiger partial charge in [0.1, 0.15) is 11.9 Å². The van der Waals surface area contributed by atoms with E-state index < -0.39 is 5.60 Å². The van der Waals surface area contributed by atoms with Gasteiger partial charge in [0.2, 0.25) is 0 Å². The van der Waals surface area contributed by atoms with Gasteiger partial charge in [0.05, 0.1) is 11.2 Å². The molecule has 0 spiro atoms. The molecule has 2 fully saturated rings. The number of aliphatic hydroxyl groups is 1. The summed E-state index contributed by atoms with van der Waals surface area (Å²) in [5.74, 6) is 1.14. The highest BCUT2D eigenvalue weighted by atomic mass is 16.3. The topological polar surface area (TPSA) is 60.2 Å². The number of pyridine rings is 1. The molecule has 0 amide bonds. The molecule has 4 heteroatoms. The smallest absolute Gasteiger partial charge is 0.128 e. The molecule has 128 valence electrons. The van der Waals surface area contributed by atoms with Crippen LogP contribution in [0.5, 0.6) is 0 Å². The summed E-state index contributed by atoms with van der Waals surface area (Å²) in [6.07, 6.45) is 6.85. The van der Waals surface area contributed by atoms with Crippen LogP contribution in [-0.4, -0.2) is 22.7 Å². The minimum absolute atomic E-state index is 0.217. The first-order chi connectivity index (χ1) is 12.2. The molecule has 4 nitrogen and oxygen atoms in total. The van der Waals surface area contributed by atoms with Gasteiger partial charge in [0, 0.05) is 24.7 Å². The highest BCUT2D eigenvalue weighted by Gasteiger charge is 2.49. The van der Waals surface area contributed by atoms with Gasteiger partial charge in [-0.1, -0.05) is 43.2 Å². The van der Waals surface area contributed by atoms with Crippen LogP contribution in [0.4, 0.5) is 5.82 Å². The Hall–Kier alpha value is -2.38. The summed E-state index contributed by atoms with van der Waals surface area (Å²) >= 11 is 0. The Kier molecular flexibility index (Phi) is 4.19. The molecule has 1 unspecified atom stereocenters. The van der Waals surface area contributed by atoms with Crippen LogP contribution >= 0.6 is 0 Å². The molecule has 0 bridgehead atoms. The molecular formula is C21H23N3O. The molecular weight excluding hydrogens is 310 g/mol. The zero-order valence-electron chi connectivity index (χ0n) is 14.3. The van der Waals surface area contributed by atoms with Crippen molar-refractivity contribution in [2.24, 2.45) is 5.92 Å². The highest BCUT2D eigenvalue weighted by Crippen LogP contribution is 2.47. The fourth-order valence-electron chi connectivity index (χ4n) is 4.68. The second kappa shape index (κ2) is 6.50. The van der Waals surface area contributed by atoms with E-state index in [1.807, 2.05) is 30.3 Å². The van der Waals surface area contributed by atoms with Gasteiger partial charge in [0.15, 0.2) is 0 Å². The Morgan fingerprint density at radius 3 is 2.64 bits per heavy atom. The number of hydrogen-bond acceptors (Lipinski definition) is 4. The third-order valence-corrected chi connectivity index (χ3v) is 5.92. The number of anilines is 1. The number of piperidine rings is 1. The highest BCUT2D eigenvalue weighted by molar-refractivity contribution is 5.45. The van der Waals surface area contributed by atoms with Crippen LogP contribution in [0.2, 0.25) is 0 Å². The maximum Gasteiger partial charge on any atom is 0.128 e. The molecule has 2 aromatic rings. The summed E-state index contributed by atoms with van der Waals surface area (Å²) < 4.78 is 0. The van der Waals surface area contributed by atoms with E-state index in [2.05, 4.69) is 28.1 Å². The van der Waals surface area contributed by atoms with Gasteiger partial charge in [-0.2, -0.15) is 5.26 Å². The van der Waals surface area contributed by atoms with Gasteiger partial charge in [-0.25, -0.2) is 4.98 Å². The summed E-state index contributed by atoms with van der Waals surface area (Å²) in [5, 5.41) is 20.6. The van der Waals surface area contributed by atoms with Gasteiger partial charge < -0.3 is 10.0 Å². The van der Waals surface area contributed by atoms with E-state index in [0.29, 0.717) is 18.0 Å². The van der Waals surface area contributed by atoms with Crippen LogP contribution < -0.4 is 4.90 Å². The molecule has 1 aromatic carbocycles. The molecule has 1 saturated heterocycles. The zero-order chi connectivity index (χ0) is 17.3. The lowest BCUT2D eigenvalue weighted by molar-refractivity contribution is -0.0690. The van der Waals surface area contributed by atoms with Crippen molar-refractivity contribution in [1.82, 2.24) is 4.98 Å². The fourth-order valence-corrected chi connectivity index (χ4v) is 4.68. The van der Waals surface area contributed by atoms with Crippen molar-refractivity contribution < 1.29 is 5.11 Å². The molecule has 0 radical (unpaired) electrons. The number of nitriles is 1. The van der Waals surface area contributed by atoms with Crippen LogP contribution in [0.15, 0.2) is 48.7 Å². The number of aromatic nitrogens is 1. The van der Waals surface area contributed by atoms with Gasteiger partial charge >= 0.3 is 0 Å². The SMILES string of the molecule is N#Cc1ccc(N2CCC(O)(c3ccccc3)[C@@H]3CCCC[C@@H]32)nc1. The van der Waals surface area contributed by atoms with E-state index in [1.54, 1.807) is 6.20 Å². The predicted molar refractivity (Wildman–Crippen MR) is 97.0 cm³/mol. The maximum absolute atomic E-state index is 11.6. The van der Waals surface area contributed by atoms with E-state index in [9.17, 15) is 5.11 Å². The van der Waals surface area contributed by atoms with Crippen molar-refractivity contribution in [3.8, 4) is 6.07 Å². The number of nitrogens with zero attached hydrogens (tertiary/aromatic N) is 3. The van der Waals surface area contributed by atoms with E-state index in [0.717, 1.165) is 30.8 Å². The first-order valence-electron chi connectivity index (χ1n) is 9.13. The van der Waals surface area contributed by atoms with Crippen molar-refractivity contribution in [2.45, 2.75) is 43.7 Å². The second-order valence-electron chi connectivity index (χ2n) is 7.21. The molecule has 1 aliphatic heterocycles. The van der Waals surface area contributed by atoms with Crippen molar-refractivity contribution in [3.63, 3.8) is 0 Å². The lowest BCUT2D eigenvalue weighted by Crippen LogP contribution is -2.57. The Morgan fingerprint density at radius 2 is 1.92 bits per heavy atom. The van der Waals surface area contributed by atoms with Gasteiger partial charge in [-0.3, -0.25) is 0 Å². The monoisotopic (exact) mass is 333 g/mol. The standard InChI is InChI=1S/C21H23N3O/c22-14-16-10-11-20(23-15-16)24-13-12-21(25,17-6-2-1-3-7-17)18-8-4-5-9-19(18)24/h1-3,6-7,10-11,15,18-19,25H,4-5,8-9,12-13H2/t18-,19+,21?/m1/s1. The Morgan fingerprint density at radius 1 is 1.12 bits per heavy atom. The Bertz CT molecular complexity index is 768. The third-order valence-electron chi connectivity index (χ3n) is 5.92. The molecule has 4 rings (SSSR count). The van der Waals surface area contributed by atoms with Crippen molar-refractivity contribution in [1.29, 1.82) is 5.26 Å². The molecule has 1 aliphatic carbocycles. The van der Waals surface area contributed by atoms with Crippen LogP contribution in [-0.2, 0) is 5.60 Å². The van der Waals surface area contributed by atoms with Crippen LogP contribution in [0.1, 0.15) is 43.2 Å². The lowest BCUT2D eigenvalue weighted by atomic mass is 9.66. The summed E-state index contributed by atoms with van der Waals surface area (Å²) in [6, 6.07) is 16.3. The van der Waals surface area contributed by atoms with Crippen LogP contribution in [0.3, 0.4) is 0 Å². The van der Waals surface area contributed by atoms with Crippen molar-refractivity contribution in [3.05, 3.63) is 59.8 Å². The molecule has 2 aliphatic rings. The summed E-state index contributed by atoms with van der Waals surface area (Å²) in [4.78, 5) is 6.86. The molecule has 25 heavy (non-hydrogen) atoms. The third kappa shape index (κ3) is 2.79. The first kappa shape index (κ1) is 16.1. The summed E-state index contributed by atoms with van der Waals surface area (Å²) in [7, 11) is 0. The van der Waals surface area contributed by atoms with Crippen LogP contribution in [0, 0.1) is 17.2 Å². The second-order valence-corrected chi connectivity index (χ2v) is 7.21.